The maximum atomic E-state index is 12.3. The first kappa shape index (κ1) is 10.3. The van der Waals surface area contributed by atoms with Gasteiger partial charge in [-0.05, 0) is 0 Å². The van der Waals surface area contributed by atoms with E-state index in [1.54, 1.807) is 6.07 Å². The fourth-order valence-corrected chi connectivity index (χ4v) is 1.03. The number of hydrogen-bond acceptors (Lipinski definition) is 4. The second-order valence-electron chi connectivity index (χ2n) is 2.52. The summed E-state index contributed by atoms with van der Waals surface area (Å²) in [5.41, 5.74) is 4.47. The highest BCUT2D eigenvalue weighted by atomic mass is 19.3. The van der Waals surface area contributed by atoms with Crippen LogP contribution in [0.5, 0.6) is 0 Å². The molecule has 0 aliphatic heterocycles. The monoisotopic (exact) mass is 199 g/mol. The number of pyridine rings is 1. The predicted molar refractivity (Wildman–Crippen MR) is 44.2 cm³/mol. The first-order valence-electron chi connectivity index (χ1n) is 3.68. The predicted octanol–water partition coefficient (Wildman–Crippen LogP) is 0.965. The molecule has 0 saturated carbocycles. The van der Waals surface area contributed by atoms with Crippen molar-refractivity contribution < 1.29 is 13.9 Å². The van der Waals surface area contributed by atoms with Crippen LogP contribution in [0.2, 0.25) is 0 Å². The van der Waals surface area contributed by atoms with Crippen molar-refractivity contribution in [2.45, 2.75) is 13.0 Å². The summed E-state index contributed by atoms with van der Waals surface area (Å²) in [6, 6.07) is 1.69. The molecule has 0 saturated heterocycles. The van der Waals surface area contributed by atoms with Crippen LogP contribution in [0.4, 0.5) is 14.5 Å². The van der Waals surface area contributed by atoms with Gasteiger partial charge in [0.2, 0.25) is 0 Å². The van der Waals surface area contributed by atoms with Gasteiger partial charge in [0.15, 0.2) is 0 Å². The molecule has 4 nitrogen and oxygen atoms in total. The number of alkyl halides is 2. The number of aliphatic hydroxyl groups excluding tert-OH is 1. The molecule has 0 fully saturated rings. The summed E-state index contributed by atoms with van der Waals surface area (Å²) >= 11 is 0. The molecule has 0 radical (unpaired) electrons. The summed E-state index contributed by atoms with van der Waals surface area (Å²) in [6.07, 6.45) is -1.84. The average molecular weight is 199 g/mol. The van der Waals surface area contributed by atoms with E-state index < -0.39 is 18.7 Å². The van der Waals surface area contributed by atoms with Gasteiger partial charge < -0.3 is 10.8 Å². The number of nitrogens with zero attached hydrogens (tertiary/aromatic N) is 2. The lowest BCUT2D eigenvalue weighted by atomic mass is 10.1. The van der Waals surface area contributed by atoms with Gasteiger partial charge in [0.05, 0.1) is 17.9 Å². The van der Waals surface area contributed by atoms with Gasteiger partial charge in [0.25, 0.3) is 6.43 Å². The standard InChI is InChI=1S/C8H7F2N3O/c9-8(10)7-5(3-14)6(12)4(1-11)2-13-7/h2,8,14H,3H2,(H2,12,13). The number of nitrogens with two attached hydrogens (primary N) is 1. The fourth-order valence-electron chi connectivity index (χ4n) is 1.03. The SMILES string of the molecule is N#Cc1cnc(C(F)F)c(CO)c1N. The maximum Gasteiger partial charge on any atom is 0.280 e. The highest BCUT2D eigenvalue weighted by Crippen LogP contribution is 2.26. The Morgan fingerprint density at radius 3 is 2.71 bits per heavy atom. The van der Waals surface area contributed by atoms with Gasteiger partial charge in [-0.1, -0.05) is 0 Å². The molecule has 1 heterocycles. The quantitative estimate of drug-likeness (QED) is 0.743. The first-order chi connectivity index (χ1) is 6.61. The highest BCUT2D eigenvalue weighted by Gasteiger charge is 2.18. The zero-order valence-electron chi connectivity index (χ0n) is 7.04. The highest BCUT2D eigenvalue weighted by molar-refractivity contribution is 5.59. The molecule has 1 aromatic rings. The van der Waals surface area contributed by atoms with E-state index in [-0.39, 0.29) is 16.8 Å². The molecule has 0 atom stereocenters. The van der Waals surface area contributed by atoms with E-state index >= 15 is 0 Å². The molecular weight excluding hydrogens is 192 g/mol. The van der Waals surface area contributed by atoms with Crippen LogP contribution in [0.15, 0.2) is 6.20 Å². The number of hydrogen-bond donors (Lipinski definition) is 2. The summed E-state index contributed by atoms with van der Waals surface area (Å²) in [5, 5.41) is 17.3. The molecule has 0 spiro atoms. The second-order valence-corrected chi connectivity index (χ2v) is 2.52. The minimum Gasteiger partial charge on any atom is -0.397 e. The number of rotatable bonds is 2. The normalized spacial score (nSPS) is 10.2. The Morgan fingerprint density at radius 2 is 2.29 bits per heavy atom. The van der Waals surface area contributed by atoms with Crippen molar-refractivity contribution in [3.05, 3.63) is 23.0 Å². The molecule has 6 heteroatoms. The maximum absolute atomic E-state index is 12.3. The zero-order valence-corrected chi connectivity index (χ0v) is 7.04. The van der Waals surface area contributed by atoms with Crippen LogP contribution in [0.25, 0.3) is 0 Å². The van der Waals surface area contributed by atoms with E-state index in [1.807, 2.05) is 0 Å². The molecule has 0 amide bonds. The van der Waals surface area contributed by atoms with E-state index in [4.69, 9.17) is 16.1 Å². The second kappa shape index (κ2) is 3.98. The van der Waals surface area contributed by atoms with Crippen molar-refractivity contribution in [3.8, 4) is 6.07 Å². The molecule has 0 aliphatic carbocycles. The third-order valence-electron chi connectivity index (χ3n) is 1.74. The van der Waals surface area contributed by atoms with Gasteiger partial charge in [-0.2, -0.15) is 5.26 Å². The van der Waals surface area contributed by atoms with Gasteiger partial charge in [-0.15, -0.1) is 0 Å². The van der Waals surface area contributed by atoms with Crippen LogP contribution in [0, 0.1) is 11.3 Å². The molecule has 3 N–H and O–H groups in total. The molecule has 14 heavy (non-hydrogen) atoms. The van der Waals surface area contributed by atoms with Crippen LogP contribution in [-0.2, 0) is 6.61 Å². The van der Waals surface area contributed by atoms with Crippen LogP contribution in [-0.4, -0.2) is 10.1 Å². The van der Waals surface area contributed by atoms with Gasteiger partial charge in [-0.3, -0.25) is 4.98 Å². The number of anilines is 1. The Balaban J connectivity index is 3.38. The van der Waals surface area contributed by atoms with Crippen molar-refractivity contribution in [1.29, 1.82) is 5.26 Å². The minimum atomic E-state index is -2.81. The lowest BCUT2D eigenvalue weighted by Gasteiger charge is -2.08. The van der Waals surface area contributed by atoms with Gasteiger partial charge >= 0.3 is 0 Å². The summed E-state index contributed by atoms with van der Waals surface area (Å²) in [5.74, 6) is 0. The topological polar surface area (TPSA) is 82.9 Å². The lowest BCUT2D eigenvalue weighted by Crippen LogP contribution is -2.05. The Kier molecular flexibility index (Phi) is 2.94. The molecule has 0 aromatic carbocycles. The fraction of sp³-hybridized carbons (Fsp3) is 0.250. The van der Waals surface area contributed by atoms with Crippen molar-refractivity contribution in [2.24, 2.45) is 0 Å². The Hall–Kier alpha value is -1.74. The van der Waals surface area contributed by atoms with Crippen molar-refractivity contribution in [1.82, 2.24) is 4.98 Å². The zero-order chi connectivity index (χ0) is 10.7. The van der Waals surface area contributed by atoms with E-state index in [9.17, 15) is 8.78 Å². The average Bonchev–Trinajstić information content (AvgIpc) is 2.17. The van der Waals surface area contributed by atoms with Crippen molar-refractivity contribution in [3.63, 3.8) is 0 Å². The summed E-state index contributed by atoms with van der Waals surface area (Å²) in [4.78, 5) is 3.37. The molecule has 0 bridgehead atoms. The third-order valence-corrected chi connectivity index (χ3v) is 1.74. The van der Waals surface area contributed by atoms with Crippen molar-refractivity contribution >= 4 is 5.69 Å². The largest absolute Gasteiger partial charge is 0.397 e. The Morgan fingerprint density at radius 1 is 1.64 bits per heavy atom. The number of nitriles is 1. The lowest BCUT2D eigenvalue weighted by molar-refractivity contribution is 0.141. The molecule has 0 aliphatic rings. The van der Waals surface area contributed by atoms with Crippen LogP contribution >= 0.6 is 0 Å². The minimum absolute atomic E-state index is 0.0153. The first-order valence-corrected chi connectivity index (χ1v) is 3.68. The number of nitrogen functional groups attached to an aromatic ring is 1. The third kappa shape index (κ3) is 1.63. The van der Waals surface area contributed by atoms with E-state index in [2.05, 4.69) is 4.98 Å². The molecule has 1 aromatic heterocycles. The molecule has 74 valence electrons. The van der Waals surface area contributed by atoms with Crippen molar-refractivity contribution in [2.75, 3.05) is 5.73 Å². The van der Waals surface area contributed by atoms with E-state index in [0.29, 0.717) is 0 Å². The van der Waals surface area contributed by atoms with E-state index in [0.717, 1.165) is 6.20 Å². The smallest absolute Gasteiger partial charge is 0.280 e. The Bertz CT molecular complexity index is 387. The summed E-state index contributed by atoms with van der Waals surface area (Å²) in [7, 11) is 0. The number of halogens is 2. The Labute approximate surface area is 78.6 Å². The number of aliphatic hydroxyl groups is 1. The van der Waals surface area contributed by atoms with Crippen LogP contribution in [0.3, 0.4) is 0 Å². The summed E-state index contributed by atoms with van der Waals surface area (Å²) in [6.45, 7) is -0.659. The molecular formula is C8H7F2N3O. The molecule has 0 unspecified atom stereocenters. The van der Waals surface area contributed by atoms with Gasteiger partial charge in [0.1, 0.15) is 11.8 Å². The van der Waals surface area contributed by atoms with Crippen LogP contribution < -0.4 is 5.73 Å². The summed E-state index contributed by atoms with van der Waals surface area (Å²) < 4.78 is 24.6. The van der Waals surface area contributed by atoms with Gasteiger partial charge in [0, 0.05) is 11.8 Å². The van der Waals surface area contributed by atoms with Crippen LogP contribution in [0.1, 0.15) is 23.2 Å². The van der Waals surface area contributed by atoms with Gasteiger partial charge in [-0.25, -0.2) is 8.78 Å². The van der Waals surface area contributed by atoms with E-state index in [1.165, 1.54) is 0 Å². The number of aromatic nitrogens is 1. The molecule has 1 rings (SSSR count).